The molecule has 1 aliphatic rings. The van der Waals surface area contributed by atoms with Gasteiger partial charge in [0.2, 0.25) is 0 Å². The smallest absolute Gasteiger partial charge is 0.339 e. The lowest BCUT2D eigenvalue weighted by Gasteiger charge is -2.07. The van der Waals surface area contributed by atoms with Gasteiger partial charge in [0.25, 0.3) is 0 Å². The summed E-state index contributed by atoms with van der Waals surface area (Å²) in [5.74, 6) is -0.253. The fourth-order valence-electron chi connectivity index (χ4n) is 1.31. The van der Waals surface area contributed by atoms with Crippen LogP contribution >= 0.6 is 11.3 Å². The molecule has 4 heteroatoms. The van der Waals surface area contributed by atoms with E-state index in [9.17, 15) is 4.79 Å². The number of ether oxygens (including phenoxy) is 2. The van der Waals surface area contributed by atoms with Crippen LogP contribution in [0.3, 0.4) is 0 Å². The van der Waals surface area contributed by atoms with Crippen molar-refractivity contribution in [3.63, 3.8) is 0 Å². The van der Waals surface area contributed by atoms with Crippen LogP contribution in [0.1, 0.15) is 27.7 Å². The normalized spacial score (nSPS) is 13.2. The molecule has 0 amide bonds. The van der Waals surface area contributed by atoms with Crippen LogP contribution in [-0.4, -0.2) is 12.6 Å². The predicted octanol–water partition coefficient (Wildman–Crippen LogP) is 2.43. The van der Waals surface area contributed by atoms with Crippen LogP contribution in [0.15, 0.2) is 11.6 Å². The fourth-order valence-corrected chi connectivity index (χ4v) is 2.23. The third-order valence-corrected chi connectivity index (χ3v) is 2.93. The molecule has 2 heterocycles. The van der Waals surface area contributed by atoms with Gasteiger partial charge in [0.1, 0.15) is 6.61 Å². The van der Waals surface area contributed by atoms with Crippen LogP contribution < -0.4 is 0 Å². The summed E-state index contributed by atoms with van der Waals surface area (Å²) in [4.78, 5) is 12.6. The lowest BCUT2D eigenvalue weighted by molar-refractivity contribution is 0.0526. The minimum Gasteiger partial charge on any atom is -0.496 e. The Hall–Kier alpha value is -1.29. The molecule has 0 radical (unpaired) electrons. The first-order valence-electron chi connectivity index (χ1n) is 4.38. The van der Waals surface area contributed by atoms with Gasteiger partial charge in [0.15, 0.2) is 0 Å². The molecule has 14 heavy (non-hydrogen) atoms. The second-order valence-electron chi connectivity index (χ2n) is 2.82. The number of esters is 1. The number of fused-ring (bicyclic) bond motifs is 1. The minimum atomic E-state index is -0.253. The average Bonchev–Trinajstić information content (AvgIpc) is 2.61. The SMILES string of the molecule is CCOC(=O)c1csc2c1C=COC2. The van der Waals surface area contributed by atoms with Crippen molar-refractivity contribution in [2.75, 3.05) is 6.61 Å². The van der Waals surface area contributed by atoms with E-state index >= 15 is 0 Å². The summed E-state index contributed by atoms with van der Waals surface area (Å²) in [5, 5.41) is 1.82. The summed E-state index contributed by atoms with van der Waals surface area (Å²) >= 11 is 1.53. The van der Waals surface area contributed by atoms with Crippen molar-refractivity contribution >= 4 is 23.4 Å². The maximum atomic E-state index is 11.5. The zero-order valence-electron chi connectivity index (χ0n) is 7.78. The molecular weight excluding hydrogens is 200 g/mol. The quantitative estimate of drug-likeness (QED) is 0.703. The van der Waals surface area contributed by atoms with Gasteiger partial charge in [-0.1, -0.05) is 0 Å². The van der Waals surface area contributed by atoms with Gasteiger partial charge < -0.3 is 9.47 Å². The lowest BCUT2D eigenvalue weighted by Crippen LogP contribution is -2.06. The van der Waals surface area contributed by atoms with Crippen molar-refractivity contribution in [3.05, 3.63) is 27.6 Å². The molecular formula is C10H10O3S. The molecule has 0 bridgehead atoms. The van der Waals surface area contributed by atoms with E-state index in [0.29, 0.717) is 18.8 Å². The van der Waals surface area contributed by atoms with Gasteiger partial charge in [-0.2, -0.15) is 0 Å². The molecule has 74 valence electrons. The van der Waals surface area contributed by atoms with Crippen LogP contribution in [0.5, 0.6) is 0 Å². The highest BCUT2D eigenvalue weighted by Gasteiger charge is 2.18. The molecule has 1 aromatic heterocycles. The molecule has 1 aliphatic heterocycles. The van der Waals surface area contributed by atoms with Gasteiger partial charge in [-0.25, -0.2) is 4.79 Å². The minimum absolute atomic E-state index is 0.253. The summed E-state index contributed by atoms with van der Waals surface area (Å²) in [6, 6.07) is 0. The number of hydrogen-bond acceptors (Lipinski definition) is 4. The average molecular weight is 210 g/mol. The molecule has 0 fully saturated rings. The number of hydrogen-bond donors (Lipinski definition) is 0. The molecule has 1 aromatic rings. The Bertz CT molecular complexity index is 379. The molecule has 2 rings (SSSR count). The van der Waals surface area contributed by atoms with Gasteiger partial charge in [-0.05, 0) is 13.0 Å². The predicted molar refractivity (Wildman–Crippen MR) is 54.1 cm³/mol. The summed E-state index contributed by atoms with van der Waals surface area (Å²) in [7, 11) is 0. The maximum absolute atomic E-state index is 11.5. The first-order chi connectivity index (χ1) is 6.83. The van der Waals surface area contributed by atoms with Crippen molar-refractivity contribution in [3.8, 4) is 0 Å². The Balaban J connectivity index is 2.32. The van der Waals surface area contributed by atoms with E-state index < -0.39 is 0 Å². The van der Waals surface area contributed by atoms with Crippen molar-refractivity contribution in [1.29, 1.82) is 0 Å². The van der Waals surface area contributed by atoms with E-state index in [1.165, 1.54) is 11.3 Å². The van der Waals surface area contributed by atoms with E-state index in [1.807, 2.05) is 11.5 Å². The highest BCUT2D eigenvalue weighted by atomic mass is 32.1. The van der Waals surface area contributed by atoms with Gasteiger partial charge >= 0.3 is 5.97 Å². The van der Waals surface area contributed by atoms with Crippen molar-refractivity contribution in [2.45, 2.75) is 13.5 Å². The monoisotopic (exact) mass is 210 g/mol. The highest BCUT2D eigenvalue weighted by Crippen LogP contribution is 2.28. The largest absolute Gasteiger partial charge is 0.496 e. The zero-order chi connectivity index (χ0) is 9.97. The highest BCUT2D eigenvalue weighted by molar-refractivity contribution is 7.10. The summed E-state index contributed by atoms with van der Waals surface area (Å²) in [5.41, 5.74) is 1.59. The van der Waals surface area contributed by atoms with Crippen LogP contribution in [-0.2, 0) is 16.1 Å². The molecule has 0 spiro atoms. The molecule has 0 unspecified atom stereocenters. The van der Waals surface area contributed by atoms with Crippen LogP contribution in [0.25, 0.3) is 6.08 Å². The van der Waals surface area contributed by atoms with E-state index in [1.54, 1.807) is 13.2 Å². The maximum Gasteiger partial charge on any atom is 0.339 e. The number of carbonyl (C=O) groups is 1. The Morgan fingerprint density at radius 3 is 3.36 bits per heavy atom. The summed E-state index contributed by atoms with van der Waals surface area (Å²) < 4.78 is 10.1. The van der Waals surface area contributed by atoms with Crippen molar-refractivity contribution < 1.29 is 14.3 Å². The van der Waals surface area contributed by atoms with Crippen molar-refractivity contribution in [1.82, 2.24) is 0 Å². The van der Waals surface area contributed by atoms with Crippen LogP contribution in [0.4, 0.5) is 0 Å². The standard InChI is InChI=1S/C10H10O3S/c1-2-13-10(11)8-6-14-9-5-12-4-3-7(8)9/h3-4,6H,2,5H2,1H3. The Morgan fingerprint density at radius 2 is 2.57 bits per heavy atom. The molecule has 0 aromatic carbocycles. The molecule has 0 saturated heterocycles. The summed E-state index contributed by atoms with van der Waals surface area (Å²) in [6.45, 7) is 2.76. The molecule has 0 atom stereocenters. The van der Waals surface area contributed by atoms with E-state index in [4.69, 9.17) is 9.47 Å². The van der Waals surface area contributed by atoms with Gasteiger partial charge in [-0.3, -0.25) is 0 Å². The first kappa shape index (κ1) is 9.27. The third-order valence-electron chi connectivity index (χ3n) is 1.95. The molecule has 3 nitrogen and oxygen atoms in total. The second kappa shape index (κ2) is 3.84. The van der Waals surface area contributed by atoms with E-state index in [-0.39, 0.29) is 5.97 Å². The lowest BCUT2D eigenvalue weighted by atomic mass is 10.1. The Labute approximate surface area is 86.0 Å². The Morgan fingerprint density at radius 1 is 1.71 bits per heavy atom. The fraction of sp³-hybridized carbons (Fsp3) is 0.300. The zero-order valence-corrected chi connectivity index (χ0v) is 8.60. The number of rotatable bonds is 2. The van der Waals surface area contributed by atoms with Crippen LogP contribution in [0, 0.1) is 0 Å². The van der Waals surface area contributed by atoms with E-state index in [2.05, 4.69) is 0 Å². The number of thiophene rings is 1. The first-order valence-corrected chi connectivity index (χ1v) is 5.26. The van der Waals surface area contributed by atoms with Gasteiger partial charge in [0.05, 0.1) is 23.3 Å². The van der Waals surface area contributed by atoms with Gasteiger partial charge in [0, 0.05) is 10.9 Å². The molecule has 0 saturated carbocycles. The number of carbonyl (C=O) groups excluding carboxylic acids is 1. The Kier molecular flexibility index (Phi) is 2.54. The topological polar surface area (TPSA) is 35.5 Å². The second-order valence-corrected chi connectivity index (χ2v) is 3.78. The summed E-state index contributed by atoms with van der Waals surface area (Å²) in [6.07, 6.45) is 3.42. The molecule has 0 aliphatic carbocycles. The third kappa shape index (κ3) is 1.53. The van der Waals surface area contributed by atoms with Crippen molar-refractivity contribution in [2.24, 2.45) is 0 Å². The van der Waals surface area contributed by atoms with E-state index in [0.717, 1.165) is 10.4 Å². The molecule has 0 N–H and O–H groups in total. The van der Waals surface area contributed by atoms with Gasteiger partial charge in [-0.15, -0.1) is 11.3 Å². The van der Waals surface area contributed by atoms with Crippen LogP contribution in [0.2, 0.25) is 0 Å².